The molecule has 0 saturated carbocycles. The van der Waals surface area contributed by atoms with E-state index < -0.39 is 0 Å². The van der Waals surface area contributed by atoms with E-state index in [1.807, 2.05) is 0 Å². The van der Waals surface area contributed by atoms with Crippen LogP contribution in [0.3, 0.4) is 0 Å². The zero-order chi connectivity index (χ0) is 11.3. The summed E-state index contributed by atoms with van der Waals surface area (Å²) in [6.07, 6.45) is 2.44. The largest absolute Gasteiger partial charge is 0.351 e. The van der Waals surface area contributed by atoms with Gasteiger partial charge in [-0.2, -0.15) is 0 Å². The Morgan fingerprint density at radius 1 is 0.750 bits per heavy atom. The molecule has 1 aromatic rings. The second-order valence-corrected chi connectivity index (χ2v) is 5.39. The van der Waals surface area contributed by atoms with Gasteiger partial charge in [0.25, 0.3) is 0 Å². The highest BCUT2D eigenvalue weighted by atomic mass is 15.1. The normalized spacial score (nSPS) is 21.9. The third-order valence-corrected chi connectivity index (χ3v) is 4.19. The molecule has 0 radical (unpaired) electrons. The minimum Gasteiger partial charge on any atom is -0.351 e. The Kier molecular flexibility index (Phi) is 2.33. The Labute approximate surface area is 97.6 Å². The first kappa shape index (κ1) is 10.4. The van der Waals surface area contributed by atoms with Crippen molar-refractivity contribution in [1.29, 1.82) is 0 Å². The molecule has 3 heteroatoms. The molecular formula is C13H21N3. The van der Waals surface area contributed by atoms with Crippen LogP contribution < -0.4 is 0 Å². The smallest absolute Gasteiger partial charge is 0.0252 e. The molecule has 0 spiro atoms. The van der Waals surface area contributed by atoms with E-state index >= 15 is 0 Å². The molecule has 0 aromatic carbocycles. The monoisotopic (exact) mass is 219 g/mol. The van der Waals surface area contributed by atoms with Crippen LogP contribution in [-0.4, -0.2) is 41.6 Å². The topological polar surface area (TPSA) is 11.4 Å². The van der Waals surface area contributed by atoms with Crippen LogP contribution in [0, 0.1) is 0 Å². The summed E-state index contributed by atoms with van der Waals surface area (Å²) >= 11 is 0. The summed E-state index contributed by atoms with van der Waals surface area (Å²) in [7, 11) is 6.72. The Hall–Kier alpha value is -0.800. The van der Waals surface area contributed by atoms with E-state index in [1.165, 1.54) is 25.9 Å². The van der Waals surface area contributed by atoms with Crippen molar-refractivity contribution >= 4 is 0 Å². The van der Waals surface area contributed by atoms with Gasteiger partial charge in [0.1, 0.15) is 0 Å². The first-order valence-electron chi connectivity index (χ1n) is 6.22. The number of nitrogens with zero attached hydrogens (tertiary/aromatic N) is 3. The van der Waals surface area contributed by atoms with Gasteiger partial charge in [-0.25, -0.2) is 0 Å². The van der Waals surface area contributed by atoms with Gasteiger partial charge in [-0.1, -0.05) is 0 Å². The number of aromatic nitrogens is 1. The van der Waals surface area contributed by atoms with E-state index in [9.17, 15) is 0 Å². The van der Waals surface area contributed by atoms with E-state index in [0.717, 1.165) is 13.1 Å². The Morgan fingerprint density at radius 3 is 1.62 bits per heavy atom. The average molecular weight is 219 g/mol. The van der Waals surface area contributed by atoms with E-state index in [2.05, 4.69) is 35.5 Å². The van der Waals surface area contributed by atoms with E-state index in [0.29, 0.717) is 0 Å². The molecule has 3 heterocycles. The van der Waals surface area contributed by atoms with Crippen LogP contribution in [0.5, 0.6) is 0 Å². The molecule has 88 valence electrons. The first-order valence-corrected chi connectivity index (χ1v) is 6.22. The third kappa shape index (κ3) is 1.42. The van der Waals surface area contributed by atoms with Crippen molar-refractivity contribution in [2.24, 2.45) is 7.05 Å². The molecule has 3 nitrogen and oxygen atoms in total. The molecule has 0 atom stereocenters. The van der Waals surface area contributed by atoms with E-state index in [4.69, 9.17) is 0 Å². The van der Waals surface area contributed by atoms with Gasteiger partial charge in [0.15, 0.2) is 0 Å². The highest BCUT2D eigenvalue weighted by molar-refractivity contribution is 5.41. The van der Waals surface area contributed by atoms with Gasteiger partial charge in [0.2, 0.25) is 0 Å². The summed E-state index contributed by atoms with van der Waals surface area (Å²) in [6.45, 7) is 4.71. The maximum atomic E-state index is 2.48. The molecule has 2 aliphatic heterocycles. The molecule has 0 N–H and O–H groups in total. The van der Waals surface area contributed by atoms with Crippen molar-refractivity contribution in [3.63, 3.8) is 0 Å². The van der Waals surface area contributed by atoms with Crippen molar-refractivity contribution in [2.45, 2.75) is 25.9 Å². The van der Waals surface area contributed by atoms with Gasteiger partial charge < -0.3 is 14.4 Å². The number of fused-ring (bicyclic) bond motifs is 3. The predicted octanol–water partition coefficient (Wildman–Crippen LogP) is 1.00. The molecule has 0 fully saturated rings. The van der Waals surface area contributed by atoms with Crippen molar-refractivity contribution in [2.75, 3.05) is 27.2 Å². The Morgan fingerprint density at radius 2 is 1.19 bits per heavy atom. The summed E-state index contributed by atoms with van der Waals surface area (Å²) in [5.74, 6) is 0. The van der Waals surface area contributed by atoms with Crippen LogP contribution in [0.4, 0.5) is 0 Å². The molecule has 3 rings (SSSR count). The van der Waals surface area contributed by atoms with E-state index in [-0.39, 0.29) is 0 Å². The fourth-order valence-corrected chi connectivity index (χ4v) is 3.22. The maximum absolute atomic E-state index is 2.48. The molecule has 0 bridgehead atoms. The first-order chi connectivity index (χ1) is 7.66. The molecular weight excluding hydrogens is 198 g/mol. The van der Waals surface area contributed by atoms with E-state index in [1.54, 1.807) is 22.5 Å². The Balaban J connectivity index is 2.10. The number of hydrogen-bond donors (Lipinski definition) is 0. The average Bonchev–Trinajstić information content (AvgIpc) is 2.52. The molecule has 2 aliphatic rings. The second kappa shape index (κ2) is 3.60. The lowest BCUT2D eigenvalue weighted by Crippen LogP contribution is -2.29. The molecule has 0 saturated heterocycles. The summed E-state index contributed by atoms with van der Waals surface area (Å²) in [6, 6.07) is 0. The summed E-state index contributed by atoms with van der Waals surface area (Å²) < 4.78 is 2.48. The van der Waals surface area contributed by atoms with Crippen LogP contribution in [-0.2, 0) is 33.0 Å². The summed E-state index contributed by atoms with van der Waals surface area (Å²) in [5, 5.41) is 0. The van der Waals surface area contributed by atoms with Gasteiger partial charge >= 0.3 is 0 Å². The highest BCUT2D eigenvalue weighted by Crippen LogP contribution is 2.30. The van der Waals surface area contributed by atoms with Gasteiger partial charge in [0.05, 0.1) is 0 Å². The lowest BCUT2D eigenvalue weighted by molar-refractivity contribution is 0.295. The number of rotatable bonds is 0. The molecule has 0 unspecified atom stereocenters. The number of likely N-dealkylation sites (N-methyl/N-ethyl adjacent to an activating group) is 2. The van der Waals surface area contributed by atoms with Gasteiger partial charge in [-0.15, -0.1) is 0 Å². The van der Waals surface area contributed by atoms with Crippen LogP contribution >= 0.6 is 0 Å². The van der Waals surface area contributed by atoms with Crippen molar-refractivity contribution in [3.05, 3.63) is 22.5 Å². The zero-order valence-electron chi connectivity index (χ0n) is 10.6. The predicted molar refractivity (Wildman–Crippen MR) is 65.5 cm³/mol. The fourth-order valence-electron chi connectivity index (χ4n) is 3.22. The van der Waals surface area contributed by atoms with Gasteiger partial charge in [-0.05, 0) is 25.2 Å². The minimum absolute atomic E-state index is 1.15. The SMILES string of the molecule is CN1CCc2c(c3c(n2C)CCN(C)C3)C1. The molecule has 0 aliphatic carbocycles. The summed E-state index contributed by atoms with van der Waals surface area (Å²) in [5.41, 5.74) is 6.44. The maximum Gasteiger partial charge on any atom is 0.0252 e. The Bertz CT molecular complexity index is 382. The minimum atomic E-state index is 1.15. The highest BCUT2D eigenvalue weighted by Gasteiger charge is 2.27. The van der Waals surface area contributed by atoms with Crippen LogP contribution in [0.1, 0.15) is 22.5 Å². The van der Waals surface area contributed by atoms with Gasteiger partial charge in [-0.3, -0.25) is 0 Å². The third-order valence-electron chi connectivity index (χ3n) is 4.19. The summed E-state index contributed by atoms with van der Waals surface area (Å²) in [4.78, 5) is 4.88. The molecule has 1 aromatic heterocycles. The standard InChI is InChI=1S/C13H21N3/c1-14-6-4-12-10(8-14)11-9-15(2)7-5-13(11)16(12)3/h4-9H2,1-3H3. The molecule has 16 heavy (non-hydrogen) atoms. The fraction of sp³-hybridized carbons (Fsp3) is 0.692. The van der Waals surface area contributed by atoms with Crippen molar-refractivity contribution in [3.8, 4) is 0 Å². The van der Waals surface area contributed by atoms with Crippen LogP contribution in [0.25, 0.3) is 0 Å². The van der Waals surface area contributed by atoms with Crippen LogP contribution in [0.2, 0.25) is 0 Å². The lowest BCUT2D eigenvalue weighted by Gasteiger charge is -2.26. The van der Waals surface area contributed by atoms with Crippen molar-refractivity contribution in [1.82, 2.24) is 14.4 Å². The molecule has 0 amide bonds. The zero-order valence-corrected chi connectivity index (χ0v) is 10.6. The second-order valence-electron chi connectivity index (χ2n) is 5.39. The van der Waals surface area contributed by atoms with Crippen LogP contribution in [0.15, 0.2) is 0 Å². The van der Waals surface area contributed by atoms with Crippen molar-refractivity contribution < 1.29 is 0 Å². The quantitative estimate of drug-likeness (QED) is 0.645. The number of hydrogen-bond acceptors (Lipinski definition) is 2. The lowest BCUT2D eigenvalue weighted by atomic mass is 10.00. The van der Waals surface area contributed by atoms with Gasteiger partial charge in [0, 0.05) is 57.5 Å².